The lowest BCUT2D eigenvalue weighted by atomic mass is 9.93. The van der Waals surface area contributed by atoms with Crippen LogP contribution < -0.4 is 10.3 Å². The van der Waals surface area contributed by atoms with E-state index in [1.165, 1.54) is 6.07 Å². The number of para-hydroxylation sites is 1. The Hall–Kier alpha value is -4.40. The van der Waals surface area contributed by atoms with Crippen LogP contribution in [0.4, 0.5) is 10.1 Å². The molecule has 8 nitrogen and oxygen atoms in total. The zero-order valence-corrected chi connectivity index (χ0v) is 23.6. The van der Waals surface area contributed by atoms with Crippen LogP contribution in [0.5, 0.6) is 0 Å². The summed E-state index contributed by atoms with van der Waals surface area (Å²) in [5.74, 6) is 0.359. The zero-order valence-electron chi connectivity index (χ0n) is 23.6. The number of hydrazone groups is 1. The van der Waals surface area contributed by atoms with Gasteiger partial charge in [-0.1, -0.05) is 24.3 Å². The van der Waals surface area contributed by atoms with Crippen molar-refractivity contribution >= 4 is 34.2 Å². The lowest BCUT2D eigenvalue weighted by Crippen LogP contribution is -2.49. The van der Waals surface area contributed by atoms with E-state index in [4.69, 9.17) is 8.83 Å². The molecule has 2 aromatic heterocycles. The van der Waals surface area contributed by atoms with Crippen molar-refractivity contribution in [2.75, 3.05) is 31.1 Å². The third-order valence-corrected chi connectivity index (χ3v) is 8.29. The van der Waals surface area contributed by atoms with Crippen LogP contribution >= 0.6 is 0 Å². The van der Waals surface area contributed by atoms with Gasteiger partial charge in [0.25, 0.3) is 5.91 Å². The number of rotatable bonds is 5. The summed E-state index contributed by atoms with van der Waals surface area (Å²) in [6.07, 6.45) is 3.98. The van der Waals surface area contributed by atoms with Crippen molar-refractivity contribution in [2.24, 2.45) is 5.10 Å². The van der Waals surface area contributed by atoms with Gasteiger partial charge in [0.1, 0.15) is 17.2 Å². The van der Waals surface area contributed by atoms with Gasteiger partial charge in [-0.25, -0.2) is 9.82 Å². The highest BCUT2D eigenvalue weighted by Gasteiger charge is 2.32. The van der Waals surface area contributed by atoms with E-state index in [-0.39, 0.29) is 24.1 Å². The van der Waals surface area contributed by atoms with Crippen molar-refractivity contribution in [2.45, 2.75) is 46.5 Å². The Morgan fingerprint density at radius 1 is 1.00 bits per heavy atom. The summed E-state index contributed by atoms with van der Waals surface area (Å²) in [5, 5.41) is 5.40. The zero-order chi connectivity index (χ0) is 28.7. The number of benzene rings is 2. The van der Waals surface area contributed by atoms with Crippen molar-refractivity contribution < 1.29 is 22.8 Å². The summed E-state index contributed by atoms with van der Waals surface area (Å²) < 4.78 is 26.1. The summed E-state index contributed by atoms with van der Waals surface area (Å²) in [5.41, 5.74) is 9.35. The first-order chi connectivity index (χ1) is 19.8. The predicted octanol–water partition coefficient (Wildman–Crippen LogP) is 5.45. The molecule has 2 aromatic carbocycles. The van der Waals surface area contributed by atoms with Crippen LogP contribution in [0.15, 0.2) is 56.6 Å². The predicted molar refractivity (Wildman–Crippen MR) is 155 cm³/mol. The molecule has 0 atom stereocenters. The number of carbonyl (C=O) groups excluding carboxylic acids is 2. The second kappa shape index (κ2) is 10.9. The number of amides is 2. The van der Waals surface area contributed by atoms with Gasteiger partial charge in [-0.3, -0.25) is 9.59 Å². The summed E-state index contributed by atoms with van der Waals surface area (Å²) >= 11 is 0. The maximum atomic E-state index is 14.2. The number of hydrogen-bond acceptors (Lipinski definition) is 6. The van der Waals surface area contributed by atoms with Crippen LogP contribution in [0, 0.1) is 26.6 Å². The van der Waals surface area contributed by atoms with Crippen molar-refractivity contribution in [3.63, 3.8) is 0 Å². The second-order valence-corrected chi connectivity index (χ2v) is 10.9. The normalized spacial score (nSPS) is 16.3. The SMILES string of the molecule is Cc1ccc2c(CC(=O)N/N=C3\CCCc4oc(C(=O)N5CCN(c6ccccc6F)CC5)c(C)c43)coc2c1C. The van der Waals surface area contributed by atoms with Crippen molar-refractivity contribution in [3.05, 3.63) is 87.8 Å². The van der Waals surface area contributed by atoms with E-state index in [0.717, 1.165) is 51.0 Å². The van der Waals surface area contributed by atoms with Gasteiger partial charge < -0.3 is 18.6 Å². The molecule has 1 fully saturated rings. The average molecular weight is 557 g/mol. The summed E-state index contributed by atoms with van der Waals surface area (Å²) in [6.45, 7) is 7.92. The minimum atomic E-state index is -0.260. The molecule has 0 bridgehead atoms. The van der Waals surface area contributed by atoms with Gasteiger partial charge in [0.15, 0.2) is 5.76 Å². The minimum Gasteiger partial charge on any atom is -0.464 e. The third kappa shape index (κ3) is 5.01. The largest absolute Gasteiger partial charge is 0.464 e. The summed E-state index contributed by atoms with van der Waals surface area (Å²) in [6, 6.07) is 10.7. The lowest BCUT2D eigenvalue weighted by Gasteiger charge is -2.35. The molecule has 2 amide bonds. The molecule has 0 unspecified atom stereocenters. The fraction of sp³-hybridized carbons (Fsp3) is 0.344. The van der Waals surface area contributed by atoms with Gasteiger partial charge in [0.05, 0.1) is 24.1 Å². The first-order valence-electron chi connectivity index (χ1n) is 14.0. The minimum absolute atomic E-state index is 0.145. The molecule has 1 saturated heterocycles. The Labute approximate surface area is 237 Å². The maximum absolute atomic E-state index is 14.2. The van der Waals surface area contributed by atoms with Crippen molar-refractivity contribution in [3.8, 4) is 0 Å². The van der Waals surface area contributed by atoms with Gasteiger partial charge in [-0.2, -0.15) is 5.10 Å². The number of halogens is 1. The highest BCUT2D eigenvalue weighted by Crippen LogP contribution is 2.31. The van der Waals surface area contributed by atoms with E-state index >= 15 is 0 Å². The Bertz CT molecular complexity index is 1680. The highest BCUT2D eigenvalue weighted by atomic mass is 19.1. The van der Waals surface area contributed by atoms with Crippen LogP contribution in [0.3, 0.4) is 0 Å². The van der Waals surface area contributed by atoms with Gasteiger partial charge in [0, 0.05) is 54.7 Å². The first-order valence-corrected chi connectivity index (χ1v) is 14.0. The molecule has 0 saturated carbocycles. The topological polar surface area (TPSA) is 91.3 Å². The number of furan rings is 2. The van der Waals surface area contributed by atoms with E-state index in [1.807, 2.05) is 43.9 Å². The molecular formula is C32H33FN4O4. The standard InChI is InChI=1S/C32H33FN4O4/c1-19-11-12-23-22(18-40-30(23)20(19)2)17-28(38)35-34-25-8-6-10-27-29(25)21(3)31(41-27)32(39)37-15-13-36(14-16-37)26-9-5-4-7-24(26)33/h4-5,7,9,11-12,18H,6,8,10,13-17H2,1-3H3,(H,35,38)/b34-25+. The lowest BCUT2D eigenvalue weighted by molar-refractivity contribution is -0.120. The quantitative estimate of drug-likeness (QED) is 0.330. The number of hydrogen-bond donors (Lipinski definition) is 1. The van der Waals surface area contributed by atoms with Crippen LogP contribution in [0.25, 0.3) is 11.0 Å². The number of nitrogens with one attached hydrogen (secondary N) is 1. The smallest absolute Gasteiger partial charge is 0.289 e. The monoisotopic (exact) mass is 556 g/mol. The van der Waals surface area contributed by atoms with Gasteiger partial charge >= 0.3 is 0 Å². The third-order valence-electron chi connectivity index (χ3n) is 8.29. The molecule has 1 N–H and O–H groups in total. The molecule has 2 aliphatic rings. The highest BCUT2D eigenvalue weighted by molar-refractivity contribution is 6.06. The molecule has 212 valence electrons. The number of piperazine rings is 1. The van der Waals surface area contributed by atoms with Crippen LogP contribution in [-0.2, 0) is 17.6 Å². The maximum Gasteiger partial charge on any atom is 0.289 e. The molecule has 6 rings (SSSR count). The van der Waals surface area contributed by atoms with E-state index in [0.29, 0.717) is 56.2 Å². The number of fused-ring (bicyclic) bond motifs is 2. The van der Waals surface area contributed by atoms with E-state index < -0.39 is 0 Å². The molecule has 1 aliphatic heterocycles. The van der Waals surface area contributed by atoms with Crippen LogP contribution in [-0.4, -0.2) is 48.6 Å². The Morgan fingerprint density at radius 3 is 2.56 bits per heavy atom. The number of anilines is 1. The molecule has 3 heterocycles. The van der Waals surface area contributed by atoms with Gasteiger partial charge in [-0.05, 0) is 56.9 Å². The molecule has 9 heteroatoms. The van der Waals surface area contributed by atoms with Crippen molar-refractivity contribution in [1.29, 1.82) is 0 Å². The van der Waals surface area contributed by atoms with Crippen molar-refractivity contribution in [1.82, 2.24) is 10.3 Å². The van der Waals surface area contributed by atoms with Gasteiger partial charge in [0.2, 0.25) is 5.91 Å². The van der Waals surface area contributed by atoms with Gasteiger partial charge in [-0.15, -0.1) is 0 Å². The molecule has 4 aromatic rings. The average Bonchev–Trinajstić information content (AvgIpc) is 3.55. The van der Waals surface area contributed by atoms with E-state index in [1.54, 1.807) is 23.3 Å². The second-order valence-electron chi connectivity index (χ2n) is 10.9. The Morgan fingerprint density at radius 2 is 1.78 bits per heavy atom. The summed E-state index contributed by atoms with van der Waals surface area (Å²) in [4.78, 5) is 30.0. The number of carbonyl (C=O) groups is 2. The molecule has 41 heavy (non-hydrogen) atoms. The molecule has 0 spiro atoms. The Kier molecular flexibility index (Phi) is 7.11. The van der Waals surface area contributed by atoms with Crippen LogP contribution in [0.2, 0.25) is 0 Å². The number of nitrogens with zero attached hydrogens (tertiary/aromatic N) is 3. The van der Waals surface area contributed by atoms with Crippen LogP contribution in [0.1, 0.15) is 57.0 Å². The van der Waals surface area contributed by atoms with E-state index in [2.05, 4.69) is 10.5 Å². The summed E-state index contributed by atoms with van der Waals surface area (Å²) in [7, 11) is 0. The first kappa shape index (κ1) is 26.8. The molecule has 1 aliphatic carbocycles. The molecular weight excluding hydrogens is 523 g/mol. The Balaban J connectivity index is 1.14. The fourth-order valence-corrected chi connectivity index (χ4v) is 5.85. The number of aryl methyl sites for hydroxylation is 3. The molecule has 0 radical (unpaired) electrons. The van der Waals surface area contributed by atoms with E-state index in [9.17, 15) is 14.0 Å². The fourth-order valence-electron chi connectivity index (χ4n) is 5.85.